The molecular weight excluding hydrogens is 1200 g/mol. The monoisotopic (exact) mass is 1270 g/mol. The Labute approximate surface area is 507 Å². The molecule has 0 atom stereocenters. The zero-order valence-electron chi connectivity index (χ0n) is 48.8. The molecule has 0 saturated carbocycles. The van der Waals surface area contributed by atoms with Crippen LogP contribution in [-0.4, -0.2) is 85.9 Å². The first-order valence-electron chi connectivity index (χ1n) is 27.5. The number of pyridine rings is 2. The van der Waals surface area contributed by atoms with Gasteiger partial charge in [0.05, 0.1) is 97.7 Å². The molecule has 10 rings (SSSR count). The molecule has 0 bridgehead atoms. The summed E-state index contributed by atoms with van der Waals surface area (Å²) in [6.07, 6.45) is 7.53. The average Bonchev–Trinajstić information content (AvgIpc) is 2.06. The lowest BCUT2D eigenvalue weighted by molar-refractivity contribution is 0.390. The molecule has 0 fully saturated rings. The number of halogens is 3. The summed E-state index contributed by atoms with van der Waals surface area (Å²) in [5.41, 5.74) is 16.2. The minimum atomic E-state index is 0.425. The van der Waals surface area contributed by atoms with Crippen molar-refractivity contribution in [3.63, 3.8) is 0 Å². The van der Waals surface area contributed by atoms with Gasteiger partial charge >= 0.3 is 0 Å². The largest absolute Gasteiger partial charge is 0.497 e. The number of hydrogen-bond donors (Lipinski definition) is 1. The molecule has 4 aromatic heterocycles. The molecule has 0 saturated heterocycles. The van der Waals surface area contributed by atoms with E-state index >= 15 is 0 Å². The van der Waals surface area contributed by atoms with Gasteiger partial charge in [-0.25, -0.2) is 15.0 Å². The third-order valence-electron chi connectivity index (χ3n) is 14.5. The quantitative estimate of drug-likeness (QED) is 0.0639. The molecule has 0 unspecified atom stereocenters. The van der Waals surface area contributed by atoms with Crippen molar-refractivity contribution in [3.05, 3.63) is 163 Å². The van der Waals surface area contributed by atoms with Crippen molar-refractivity contribution in [3.8, 4) is 46.0 Å². The minimum Gasteiger partial charge on any atom is -0.497 e. The summed E-state index contributed by atoms with van der Waals surface area (Å²) >= 11 is 13.8. The van der Waals surface area contributed by atoms with Crippen LogP contribution in [0, 0.1) is 0 Å². The molecular formula is C65H72Br2ClN7O8. The van der Waals surface area contributed by atoms with Gasteiger partial charge in [0.1, 0.15) is 68.7 Å². The average molecular weight is 1270 g/mol. The van der Waals surface area contributed by atoms with Gasteiger partial charge in [0.2, 0.25) is 0 Å². The van der Waals surface area contributed by atoms with Crippen LogP contribution in [0.3, 0.4) is 0 Å². The van der Waals surface area contributed by atoms with Gasteiger partial charge < -0.3 is 52.8 Å². The molecule has 0 aliphatic heterocycles. The van der Waals surface area contributed by atoms with Crippen LogP contribution in [-0.2, 0) is 45.3 Å². The van der Waals surface area contributed by atoms with Crippen LogP contribution in [0.2, 0.25) is 5.15 Å². The molecule has 0 aliphatic carbocycles. The Morgan fingerprint density at radius 3 is 1.27 bits per heavy atom. The van der Waals surface area contributed by atoms with Gasteiger partial charge in [-0.15, -0.1) is 0 Å². The fourth-order valence-electron chi connectivity index (χ4n) is 10.0. The zero-order valence-corrected chi connectivity index (χ0v) is 52.8. The lowest BCUT2D eigenvalue weighted by atomic mass is 10.0. The Morgan fingerprint density at radius 1 is 0.434 bits per heavy atom. The number of aromatic nitrogens is 6. The summed E-state index contributed by atoms with van der Waals surface area (Å²) in [5.74, 6) is 8.30. The summed E-state index contributed by atoms with van der Waals surface area (Å²) < 4.78 is 50.0. The fraction of sp³-hybridized carbons (Fsp3) is 0.323. The molecule has 0 spiro atoms. The van der Waals surface area contributed by atoms with Gasteiger partial charge in [0, 0.05) is 80.1 Å². The first kappa shape index (κ1) is 61.8. The number of imidazole rings is 2. The Morgan fingerprint density at radius 2 is 0.831 bits per heavy atom. The van der Waals surface area contributed by atoms with E-state index < -0.39 is 0 Å². The molecule has 4 heterocycles. The highest BCUT2D eigenvalue weighted by Gasteiger charge is 2.22. The van der Waals surface area contributed by atoms with Gasteiger partial charge in [-0.2, -0.15) is 0 Å². The standard InChI is InChI=1S/C33H36BrN3O4.C23H23BrClN3O2.C9H13NO2/c1-6-7-8-31-36-32-27(16-11-21-9-13-24(38-2)18-29(21)40-4)35-28-17-23(34)12-15-26(28)33(32)37(31)20-22-10-14-25(39-3)19-30(22)41-5;1-4-5-6-20-27-21-22(17-10-8-15(24)11-18(17)26-23(21)25)28(20)13-14-7-9-16(29-2)12-19(14)30-3;1-11-8-4-3-7(6-10)9(5-8)12-2/h9-10,12-15,17-19H,6-8,11,16,20H2,1-5H3;7-12H,4-6,13H2,1-3H3;3-5H,6,10H2,1-2H3. The van der Waals surface area contributed by atoms with E-state index in [-0.39, 0.29) is 0 Å². The maximum atomic E-state index is 6.57. The smallest absolute Gasteiger partial charge is 0.157 e. The summed E-state index contributed by atoms with van der Waals surface area (Å²) in [7, 11) is 13.3. The van der Waals surface area contributed by atoms with Crippen molar-refractivity contribution >= 4 is 87.3 Å². The predicted octanol–water partition coefficient (Wildman–Crippen LogP) is 15.1. The van der Waals surface area contributed by atoms with E-state index in [1.807, 2.05) is 72.8 Å². The van der Waals surface area contributed by atoms with Crippen molar-refractivity contribution in [1.82, 2.24) is 29.1 Å². The number of unbranched alkanes of at least 4 members (excludes halogenated alkanes) is 2. The van der Waals surface area contributed by atoms with Crippen LogP contribution in [0.25, 0.3) is 43.9 Å². The SMILES string of the molecule is CCCCc1nc2c(CCc3ccc(OC)cc3OC)nc3cc(Br)ccc3c2n1Cc1ccc(OC)cc1OC.CCCCc1nc2c(Cl)nc3cc(Br)ccc3c2n1Cc1ccc(OC)cc1OC.COc1ccc(CN)c(OC)c1. The second kappa shape index (κ2) is 29.3. The van der Waals surface area contributed by atoms with Crippen LogP contribution in [0.4, 0.5) is 0 Å². The Bertz CT molecular complexity index is 3850. The summed E-state index contributed by atoms with van der Waals surface area (Å²) in [6, 6.07) is 35.8. The highest BCUT2D eigenvalue weighted by molar-refractivity contribution is 9.10. The number of ether oxygens (including phenoxy) is 8. The Hall–Kier alpha value is -7.31. The maximum absolute atomic E-state index is 6.57. The van der Waals surface area contributed by atoms with Crippen molar-refractivity contribution in [2.75, 3.05) is 56.9 Å². The fourth-order valence-corrected chi connectivity index (χ4v) is 11.0. The number of nitrogens with zero attached hydrogens (tertiary/aromatic N) is 6. The topological polar surface area (TPSA) is 161 Å². The van der Waals surface area contributed by atoms with E-state index in [4.69, 9.17) is 70.2 Å². The summed E-state index contributed by atoms with van der Waals surface area (Å²) in [4.78, 5) is 19.9. The van der Waals surface area contributed by atoms with E-state index in [1.54, 1.807) is 56.9 Å². The zero-order chi connectivity index (χ0) is 59.2. The highest BCUT2D eigenvalue weighted by atomic mass is 79.9. The number of rotatable bonds is 22. The van der Waals surface area contributed by atoms with E-state index in [1.165, 1.54) is 0 Å². The van der Waals surface area contributed by atoms with Crippen LogP contribution in [0.15, 0.2) is 118 Å². The first-order chi connectivity index (χ1) is 40.3. The van der Waals surface area contributed by atoms with E-state index in [0.29, 0.717) is 24.8 Å². The van der Waals surface area contributed by atoms with Gasteiger partial charge in [0.25, 0.3) is 0 Å². The molecule has 10 aromatic rings. The first-order valence-corrected chi connectivity index (χ1v) is 29.5. The normalized spacial score (nSPS) is 11.1. The van der Waals surface area contributed by atoms with Gasteiger partial charge in [0.15, 0.2) is 5.15 Å². The molecule has 15 nitrogen and oxygen atoms in total. The lowest BCUT2D eigenvalue weighted by Crippen LogP contribution is -2.07. The summed E-state index contributed by atoms with van der Waals surface area (Å²) in [5, 5.41) is 2.53. The van der Waals surface area contributed by atoms with Crippen molar-refractivity contribution in [1.29, 1.82) is 0 Å². The molecule has 6 aromatic carbocycles. The second-order valence-electron chi connectivity index (χ2n) is 19.5. The Kier molecular flexibility index (Phi) is 21.8. The minimum absolute atomic E-state index is 0.425. The number of nitrogens with two attached hydrogens (primary N) is 1. The third kappa shape index (κ3) is 14.4. The van der Waals surface area contributed by atoms with Gasteiger partial charge in [-0.05, 0) is 104 Å². The van der Waals surface area contributed by atoms with Crippen LogP contribution < -0.4 is 43.6 Å². The van der Waals surface area contributed by atoms with E-state index in [9.17, 15) is 0 Å². The van der Waals surface area contributed by atoms with Gasteiger partial charge in [-0.3, -0.25) is 4.98 Å². The lowest BCUT2D eigenvalue weighted by Gasteiger charge is -2.15. The number of aryl methyl sites for hydroxylation is 4. The maximum Gasteiger partial charge on any atom is 0.157 e. The number of hydrogen-bond acceptors (Lipinski definition) is 13. The van der Waals surface area contributed by atoms with Crippen LogP contribution in [0.5, 0.6) is 46.0 Å². The van der Waals surface area contributed by atoms with E-state index in [2.05, 4.69) is 96.2 Å². The molecule has 0 amide bonds. The third-order valence-corrected chi connectivity index (χ3v) is 15.7. The molecule has 18 heteroatoms. The van der Waals surface area contributed by atoms with Crippen LogP contribution >= 0.6 is 43.5 Å². The molecule has 436 valence electrons. The molecule has 0 aliphatic rings. The molecule has 83 heavy (non-hydrogen) atoms. The highest BCUT2D eigenvalue weighted by Crippen LogP contribution is 2.37. The van der Waals surface area contributed by atoms with Crippen molar-refractivity contribution in [2.24, 2.45) is 5.73 Å². The molecule has 2 N–H and O–H groups in total. The van der Waals surface area contributed by atoms with Crippen LogP contribution in [0.1, 0.15) is 79.1 Å². The number of fused-ring (bicyclic) bond motifs is 6. The van der Waals surface area contributed by atoms with Crippen molar-refractivity contribution < 1.29 is 37.9 Å². The number of benzene rings is 6. The van der Waals surface area contributed by atoms with Gasteiger partial charge in [-0.1, -0.05) is 82.3 Å². The summed E-state index contributed by atoms with van der Waals surface area (Å²) in [6.45, 7) is 6.12. The van der Waals surface area contributed by atoms with Crippen molar-refractivity contribution in [2.45, 2.75) is 84.8 Å². The van der Waals surface area contributed by atoms with E-state index in [0.717, 1.165) is 190 Å². The molecule has 0 radical (unpaired) electrons. The second-order valence-corrected chi connectivity index (χ2v) is 21.7. The number of methoxy groups -OCH3 is 8. The Balaban J connectivity index is 0.000000186. The predicted molar refractivity (Wildman–Crippen MR) is 339 cm³/mol.